The zero-order valence-electron chi connectivity index (χ0n) is 9.18. The minimum Gasteiger partial charge on any atom is -0.345 e. The van der Waals surface area contributed by atoms with E-state index in [1.807, 2.05) is 19.1 Å². The zero-order chi connectivity index (χ0) is 12.3. The summed E-state index contributed by atoms with van der Waals surface area (Å²) in [6.07, 6.45) is 3.20. The molecule has 0 saturated carbocycles. The average Bonchev–Trinajstić information content (AvgIpc) is 2.77. The lowest BCUT2D eigenvalue weighted by Gasteiger charge is -2.11. The number of amides is 1. The normalized spacial score (nSPS) is 12.1. The lowest BCUT2D eigenvalue weighted by Crippen LogP contribution is -2.26. The number of nitrogens with zero attached hydrogens (tertiary/aromatic N) is 1. The van der Waals surface area contributed by atoms with Crippen LogP contribution in [0.25, 0.3) is 0 Å². The summed E-state index contributed by atoms with van der Waals surface area (Å²) < 4.78 is 0.727. The number of aromatic nitrogens is 1. The van der Waals surface area contributed by atoms with Gasteiger partial charge in [-0.1, -0.05) is 11.6 Å². The number of pyridine rings is 1. The van der Waals surface area contributed by atoms with E-state index in [1.165, 1.54) is 11.3 Å². The molecule has 3 nitrogen and oxygen atoms in total. The van der Waals surface area contributed by atoms with Gasteiger partial charge in [0.25, 0.3) is 5.91 Å². The van der Waals surface area contributed by atoms with Gasteiger partial charge in [0.2, 0.25) is 0 Å². The highest BCUT2D eigenvalue weighted by atomic mass is 35.5. The molecule has 17 heavy (non-hydrogen) atoms. The Labute approximate surface area is 108 Å². The topological polar surface area (TPSA) is 42.0 Å². The van der Waals surface area contributed by atoms with Crippen LogP contribution in [0.2, 0.25) is 4.34 Å². The van der Waals surface area contributed by atoms with E-state index in [1.54, 1.807) is 24.5 Å². The molecule has 2 aromatic heterocycles. The third-order valence-corrected chi connectivity index (χ3v) is 3.72. The molecular formula is C12H11ClN2OS. The molecule has 0 saturated heterocycles. The summed E-state index contributed by atoms with van der Waals surface area (Å²) in [5.74, 6) is -0.107. The summed E-state index contributed by atoms with van der Waals surface area (Å²) in [5, 5.41) is 2.91. The van der Waals surface area contributed by atoms with Gasteiger partial charge >= 0.3 is 0 Å². The molecule has 0 fully saturated rings. The molecule has 5 heteroatoms. The van der Waals surface area contributed by atoms with Gasteiger partial charge in [-0.3, -0.25) is 9.78 Å². The Morgan fingerprint density at radius 3 is 2.65 bits per heavy atom. The molecule has 0 aromatic carbocycles. The summed E-state index contributed by atoms with van der Waals surface area (Å²) in [6, 6.07) is 7.07. The van der Waals surface area contributed by atoms with Gasteiger partial charge in [0.05, 0.1) is 10.4 Å². The van der Waals surface area contributed by atoms with Crippen molar-refractivity contribution in [3.05, 3.63) is 51.4 Å². The fourth-order valence-electron chi connectivity index (χ4n) is 1.42. The summed E-state index contributed by atoms with van der Waals surface area (Å²) in [7, 11) is 0. The van der Waals surface area contributed by atoms with E-state index in [2.05, 4.69) is 10.3 Å². The monoisotopic (exact) mass is 266 g/mol. The first-order valence-corrected chi connectivity index (χ1v) is 6.32. The summed E-state index contributed by atoms with van der Waals surface area (Å²) >= 11 is 7.33. The van der Waals surface area contributed by atoms with E-state index in [0.717, 1.165) is 9.21 Å². The number of hydrogen-bond donors (Lipinski definition) is 1. The van der Waals surface area contributed by atoms with Crippen LogP contribution >= 0.6 is 22.9 Å². The van der Waals surface area contributed by atoms with Crippen LogP contribution in [0.4, 0.5) is 0 Å². The second-order valence-corrected chi connectivity index (χ2v) is 5.32. The first-order chi connectivity index (χ1) is 8.16. The third kappa shape index (κ3) is 3.05. The lowest BCUT2D eigenvalue weighted by atomic mass is 10.2. The van der Waals surface area contributed by atoms with Crippen LogP contribution in [-0.2, 0) is 0 Å². The minimum absolute atomic E-state index is 0.0480. The first-order valence-electron chi connectivity index (χ1n) is 5.13. The number of carbonyl (C=O) groups is 1. The molecule has 2 rings (SSSR count). The molecule has 1 amide bonds. The van der Waals surface area contributed by atoms with E-state index >= 15 is 0 Å². The van der Waals surface area contributed by atoms with E-state index in [4.69, 9.17) is 11.6 Å². The van der Waals surface area contributed by atoms with Gasteiger partial charge in [-0.05, 0) is 31.2 Å². The van der Waals surface area contributed by atoms with E-state index in [-0.39, 0.29) is 11.9 Å². The van der Waals surface area contributed by atoms with Gasteiger partial charge in [-0.2, -0.15) is 0 Å². The predicted molar refractivity (Wildman–Crippen MR) is 69.4 cm³/mol. The zero-order valence-corrected chi connectivity index (χ0v) is 10.8. The van der Waals surface area contributed by atoms with Gasteiger partial charge in [0.1, 0.15) is 0 Å². The Hall–Kier alpha value is -1.39. The largest absolute Gasteiger partial charge is 0.345 e. The number of hydrogen-bond acceptors (Lipinski definition) is 3. The van der Waals surface area contributed by atoms with Gasteiger partial charge in [-0.25, -0.2) is 0 Å². The van der Waals surface area contributed by atoms with Crippen molar-refractivity contribution in [3.63, 3.8) is 0 Å². The van der Waals surface area contributed by atoms with Crippen LogP contribution in [0.3, 0.4) is 0 Å². The van der Waals surface area contributed by atoms with Crippen LogP contribution in [0.1, 0.15) is 28.2 Å². The molecule has 1 atom stereocenters. The van der Waals surface area contributed by atoms with Crippen molar-refractivity contribution < 1.29 is 4.79 Å². The predicted octanol–water partition coefficient (Wildman–Crippen LogP) is 3.29. The molecule has 88 valence electrons. The Balaban J connectivity index is 2.04. The second-order valence-electron chi connectivity index (χ2n) is 3.57. The van der Waals surface area contributed by atoms with Crippen LogP contribution in [0.15, 0.2) is 36.7 Å². The molecule has 0 aliphatic carbocycles. The Kier molecular flexibility index (Phi) is 3.76. The fraction of sp³-hybridized carbons (Fsp3) is 0.167. The standard InChI is InChI=1S/C12H11ClN2OS/c1-8(10-2-3-11(13)17-10)15-12(16)9-4-6-14-7-5-9/h2-8H,1H3,(H,15,16)/t8-/m1/s1. The average molecular weight is 267 g/mol. The molecule has 2 heterocycles. The maximum absolute atomic E-state index is 11.9. The molecule has 1 N–H and O–H groups in total. The van der Waals surface area contributed by atoms with Crippen molar-refractivity contribution in [1.82, 2.24) is 10.3 Å². The molecule has 0 radical (unpaired) electrons. The summed E-state index contributed by atoms with van der Waals surface area (Å²) in [5.41, 5.74) is 0.606. The molecule has 0 unspecified atom stereocenters. The first kappa shape index (κ1) is 12.1. The second kappa shape index (κ2) is 5.29. The van der Waals surface area contributed by atoms with Crippen molar-refractivity contribution >= 4 is 28.8 Å². The molecular weight excluding hydrogens is 256 g/mol. The number of carbonyl (C=O) groups excluding carboxylic acids is 1. The molecule has 0 bridgehead atoms. The number of nitrogens with one attached hydrogen (secondary N) is 1. The summed E-state index contributed by atoms with van der Waals surface area (Å²) in [6.45, 7) is 1.93. The Bertz CT molecular complexity index is 512. The van der Waals surface area contributed by atoms with Crippen molar-refractivity contribution in [3.8, 4) is 0 Å². The smallest absolute Gasteiger partial charge is 0.251 e. The van der Waals surface area contributed by atoms with Gasteiger partial charge in [0.15, 0.2) is 0 Å². The van der Waals surface area contributed by atoms with E-state index in [9.17, 15) is 4.79 Å². The van der Waals surface area contributed by atoms with Crippen LogP contribution in [0.5, 0.6) is 0 Å². The van der Waals surface area contributed by atoms with Crippen molar-refractivity contribution in [2.24, 2.45) is 0 Å². The van der Waals surface area contributed by atoms with Gasteiger partial charge < -0.3 is 5.32 Å². The Morgan fingerprint density at radius 1 is 1.35 bits per heavy atom. The molecule has 0 aliphatic rings. The van der Waals surface area contributed by atoms with E-state index in [0.29, 0.717) is 5.56 Å². The van der Waals surface area contributed by atoms with Crippen molar-refractivity contribution in [2.45, 2.75) is 13.0 Å². The number of thiophene rings is 1. The molecule has 0 spiro atoms. The van der Waals surface area contributed by atoms with Crippen molar-refractivity contribution in [2.75, 3.05) is 0 Å². The highest BCUT2D eigenvalue weighted by Crippen LogP contribution is 2.26. The SMILES string of the molecule is C[C@@H](NC(=O)c1ccncc1)c1ccc(Cl)s1. The minimum atomic E-state index is -0.107. The maximum Gasteiger partial charge on any atom is 0.251 e. The Morgan fingerprint density at radius 2 is 2.06 bits per heavy atom. The quantitative estimate of drug-likeness (QED) is 0.926. The highest BCUT2D eigenvalue weighted by molar-refractivity contribution is 7.16. The fourth-order valence-corrected chi connectivity index (χ4v) is 2.48. The van der Waals surface area contributed by atoms with Crippen LogP contribution < -0.4 is 5.32 Å². The van der Waals surface area contributed by atoms with Crippen molar-refractivity contribution in [1.29, 1.82) is 0 Å². The molecule has 2 aromatic rings. The van der Waals surface area contributed by atoms with Gasteiger partial charge in [0, 0.05) is 22.8 Å². The lowest BCUT2D eigenvalue weighted by molar-refractivity contribution is 0.0940. The van der Waals surface area contributed by atoms with E-state index < -0.39 is 0 Å². The maximum atomic E-state index is 11.9. The van der Waals surface area contributed by atoms with Gasteiger partial charge in [-0.15, -0.1) is 11.3 Å². The van der Waals surface area contributed by atoms with Crippen LogP contribution in [-0.4, -0.2) is 10.9 Å². The third-order valence-electron chi connectivity index (χ3n) is 2.31. The highest BCUT2D eigenvalue weighted by Gasteiger charge is 2.12. The molecule has 0 aliphatic heterocycles. The number of halogens is 1. The number of rotatable bonds is 3. The summed E-state index contributed by atoms with van der Waals surface area (Å²) in [4.78, 5) is 16.8. The van der Waals surface area contributed by atoms with Crippen LogP contribution in [0, 0.1) is 0 Å².